The second-order valence-electron chi connectivity index (χ2n) is 8.87. The van der Waals surface area contributed by atoms with Gasteiger partial charge >= 0.3 is 0 Å². The molecule has 3 heterocycles. The van der Waals surface area contributed by atoms with E-state index in [4.69, 9.17) is 10.5 Å². The Balaban J connectivity index is 1.60. The zero-order valence-corrected chi connectivity index (χ0v) is 19.4. The van der Waals surface area contributed by atoms with Gasteiger partial charge in [-0.25, -0.2) is 23.7 Å². The van der Waals surface area contributed by atoms with Gasteiger partial charge in [0.05, 0.1) is 25.0 Å². The maximum absolute atomic E-state index is 14.8. The second kappa shape index (κ2) is 9.14. The fraction of sp³-hybridized carbons (Fsp3) is 0.375. The third-order valence-corrected chi connectivity index (χ3v) is 6.03. The van der Waals surface area contributed by atoms with E-state index in [1.165, 1.54) is 23.2 Å². The smallest absolute Gasteiger partial charge is 0.279 e. The molecule has 0 spiro atoms. The van der Waals surface area contributed by atoms with Gasteiger partial charge in [-0.05, 0) is 31.9 Å². The predicted octanol–water partition coefficient (Wildman–Crippen LogP) is 2.34. The molecule has 2 N–H and O–H groups in total. The van der Waals surface area contributed by atoms with E-state index in [-0.39, 0.29) is 34.3 Å². The predicted molar refractivity (Wildman–Crippen MR) is 128 cm³/mol. The molecule has 1 saturated carbocycles. The largest absolute Gasteiger partial charge is 0.404 e. The normalized spacial score (nSPS) is 21.3. The summed E-state index contributed by atoms with van der Waals surface area (Å²) in [4.78, 5) is 32.7. The number of nitrogens with two attached hydrogens (primary N) is 1. The molecule has 1 saturated heterocycles. The second-order valence-corrected chi connectivity index (χ2v) is 8.87. The van der Waals surface area contributed by atoms with Crippen LogP contribution in [0.15, 0.2) is 46.1 Å². The molecule has 2 aliphatic rings. The van der Waals surface area contributed by atoms with Crippen LogP contribution in [0.25, 0.3) is 22.3 Å². The lowest BCUT2D eigenvalue weighted by Gasteiger charge is -2.37. The third kappa shape index (κ3) is 4.63. The first-order valence-electron chi connectivity index (χ1n) is 11.4. The number of anilines is 1. The summed E-state index contributed by atoms with van der Waals surface area (Å²) in [6.45, 7) is 2.69. The first kappa shape index (κ1) is 23.0. The Kier molecular flexibility index (Phi) is 6.01. The highest BCUT2D eigenvalue weighted by Crippen LogP contribution is 2.30. The van der Waals surface area contributed by atoms with Crippen LogP contribution in [-0.2, 0) is 11.8 Å². The van der Waals surface area contributed by atoms with E-state index in [9.17, 15) is 13.6 Å². The Bertz CT molecular complexity index is 1400. The summed E-state index contributed by atoms with van der Waals surface area (Å²) < 4.78 is 35.7. The molecule has 1 aliphatic heterocycles. The van der Waals surface area contributed by atoms with Crippen molar-refractivity contribution < 1.29 is 13.5 Å². The minimum Gasteiger partial charge on any atom is -0.404 e. The summed E-state index contributed by atoms with van der Waals surface area (Å²) in [5.41, 5.74) is 6.52. The van der Waals surface area contributed by atoms with Crippen LogP contribution in [0.2, 0.25) is 0 Å². The molecule has 0 amide bonds. The van der Waals surface area contributed by atoms with Crippen LogP contribution in [0.4, 0.5) is 14.7 Å². The molecule has 5 rings (SSSR count). The topological polar surface area (TPSA) is 112 Å². The number of hydrogen-bond acceptors (Lipinski definition) is 8. The van der Waals surface area contributed by atoms with Crippen molar-refractivity contribution in [2.45, 2.75) is 38.0 Å². The van der Waals surface area contributed by atoms with Gasteiger partial charge in [-0.3, -0.25) is 9.79 Å². The molecule has 2 unspecified atom stereocenters. The van der Waals surface area contributed by atoms with Gasteiger partial charge in [0.15, 0.2) is 5.52 Å². The van der Waals surface area contributed by atoms with Crippen LogP contribution < -0.4 is 16.2 Å². The number of rotatable bonds is 5. The number of aromatic nitrogens is 4. The zero-order valence-electron chi connectivity index (χ0n) is 19.4. The number of fused-ring (bicyclic) bond motifs is 1. The molecular weight excluding hydrogens is 456 g/mol. The summed E-state index contributed by atoms with van der Waals surface area (Å²) in [5.74, 6) is -1.30. The van der Waals surface area contributed by atoms with Crippen molar-refractivity contribution in [1.82, 2.24) is 19.5 Å². The van der Waals surface area contributed by atoms with Crippen molar-refractivity contribution in [3.05, 3.63) is 58.3 Å². The molecule has 2 fully saturated rings. The van der Waals surface area contributed by atoms with Crippen LogP contribution in [-0.4, -0.2) is 57.1 Å². The summed E-state index contributed by atoms with van der Waals surface area (Å²) in [6.07, 6.45) is 6.08. The first-order valence-corrected chi connectivity index (χ1v) is 11.4. The van der Waals surface area contributed by atoms with E-state index in [0.717, 1.165) is 30.5 Å². The molecule has 1 aliphatic carbocycles. The van der Waals surface area contributed by atoms with Gasteiger partial charge in [0.2, 0.25) is 5.95 Å². The molecule has 9 nitrogen and oxygen atoms in total. The number of benzene rings is 1. The maximum Gasteiger partial charge on any atom is 0.279 e. The minimum absolute atomic E-state index is 0.0257. The number of halogens is 2. The van der Waals surface area contributed by atoms with Crippen LogP contribution >= 0.6 is 0 Å². The molecule has 11 heteroatoms. The lowest BCUT2D eigenvalue weighted by Crippen LogP contribution is -2.48. The zero-order chi connectivity index (χ0) is 24.7. The number of nitrogens with zero attached hydrogens (tertiary/aromatic N) is 6. The SMILES string of the molecule is CC1CN(c2nc(-c3ccc(F)cc3F)c3ncn(C)c(=O)c3n2)CC(/C(C=NC2CC2)=C/N)O1. The molecule has 35 heavy (non-hydrogen) atoms. The Morgan fingerprint density at radius 3 is 2.74 bits per heavy atom. The maximum atomic E-state index is 14.8. The van der Waals surface area contributed by atoms with Gasteiger partial charge in [0, 0.05) is 43.2 Å². The fourth-order valence-electron chi connectivity index (χ4n) is 4.04. The highest BCUT2D eigenvalue weighted by molar-refractivity contribution is 5.89. The highest BCUT2D eigenvalue weighted by Gasteiger charge is 2.31. The van der Waals surface area contributed by atoms with Gasteiger partial charge in [-0.2, -0.15) is 0 Å². The van der Waals surface area contributed by atoms with E-state index in [1.807, 2.05) is 11.8 Å². The lowest BCUT2D eigenvalue weighted by molar-refractivity contribution is 0.00666. The molecule has 182 valence electrons. The molecule has 2 aromatic heterocycles. The van der Waals surface area contributed by atoms with Crippen LogP contribution in [0, 0.1) is 11.6 Å². The van der Waals surface area contributed by atoms with E-state index in [1.54, 1.807) is 13.3 Å². The van der Waals surface area contributed by atoms with Gasteiger partial charge in [0.25, 0.3) is 5.56 Å². The summed E-state index contributed by atoms with van der Waals surface area (Å²) in [6, 6.07) is 3.53. The standard InChI is InChI=1S/C24H25F2N7O2/c1-13-10-33(11-19(35-13)14(8-27)9-28-16-4-5-16)24-30-20(17-6-3-15(25)7-18(17)26)21-22(31-24)23(34)32(2)12-29-21/h3,6-9,12-13,16,19H,4-5,10-11,27H2,1-2H3/b14-8+,28-9?. The van der Waals surface area contributed by atoms with Crippen LogP contribution in [0.5, 0.6) is 0 Å². The van der Waals surface area contributed by atoms with Crippen molar-refractivity contribution in [3.8, 4) is 11.3 Å². The van der Waals surface area contributed by atoms with Gasteiger partial charge in [-0.1, -0.05) is 0 Å². The van der Waals surface area contributed by atoms with Crippen LogP contribution in [0.1, 0.15) is 19.8 Å². The molecular formula is C24H25F2N7O2. The number of aryl methyl sites for hydroxylation is 1. The summed E-state index contributed by atoms with van der Waals surface area (Å²) in [5, 5.41) is 0. The van der Waals surface area contributed by atoms with Gasteiger partial charge in [0.1, 0.15) is 28.9 Å². The van der Waals surface area contributed by atoms with Crippen molar-refractivity contribution >= 4 is 23.2 Å². The number of ether oxygens (including phenoxy) is 1. The Hall–Kier alpha value is -3.73. The average molecular weight is 482 g/mol. The Morgan fingerprint density at radius 1 is 1.23 bits per heavy atom. The minimum atomic E-state index is -0.809. The van der Waals surface area contributed by atoms with Crippen molar-refractivity contribution in [2.75, 3.05) is 18.0 Å². The van der Waals surface area contributed by atoms with Crippen LogP contribution in [0.3, 0.4) is 0 Å². The van der Waals surface area contributed by atoms with E-state index in [0.29, 0.717) is 19.1 Å². The van der Waals surface area contributed by atoms with Crippen molar-refractivity contribution in [1.29, 1.82) is 0 Å². The van der Waals surface area contributed by atoms with Crippen molar-refractivity contribution in [3.63, 3.8) is 0 Å². The van der Waals surface area contributed by atoms with E-state index in [2.05, 4.69) is 19.9 Å². The summed E-state index contributed by atoms with van der Waals surface area (Å²) >= 11 is 0. The molecule has 2 atom stereocenters. The van der Waals surface area contributed by atoms with Crippen molar-refractivity contribution in [2.24, 2.45) is 17.8 Å². The average Bonchev–Trinajstić information content (AvgIpc) is 3.66. The lowest BCUT2D eigenvalue weighted by atomic mass is 10.1. The number of aliphatic imine (C=N–C) groups is 1. The van der Waals surface area contributed by atoms with E-state index >= 15 is 0 Å². The molecule has 0 radical (unpaired) electrons. The number of hydrogen-bond donors (Lipinski definition) is 1. The summed E-state index contributed by atoms with van der Waals surface area (Å²) in [7, 11) is 1.55. The highest BCUT2D eigenvalue weighted by atomic mass is 19.1. The first-order chi connectivity index (χ1) is 16.8. The fourth-order valence-corrected chi connectivity index (χ4v) is 4.04. The quantitative estimate of drug-likeness (QED) is 0.557. The van der Waals surface area contributed by atoms with Gasteiger partial charge in [-0.15, -0.1) is 0 Å². The molecule has 1 aromatic carbocycles. The monoisotopic (exact) mass is 481 g/mol. The number of morpholine rings is 1. The third-order valence-electron chi connectivity index (χ3n) is 6.03. The van der Waals surface area contributed by atoms with Gasteiger partial charge < -0.3 is 19.9 Å². The molecule has 3 aromatic rings. The Morgan fingerprint density at radius 2 is 2.03 bits per heavy atom. The Labute approximate surface area is 200 Å². The van der Waals surface area contributed by atoms with E-state index < -0.39 is 23.3 Å². The molecule has 0 bridgehead atoms.